The van der Waals surface area contributed by atoms with Crippen molar-refractivity contribution in [1.29, 1.82) is 0 Å². The Morgan fingerprint density at radius 2 is 1.49 bits per heavy atom. The Morgan fingerprint density at radius 1 is 0.838 bits per heavy atom. The predicted molar refractivity (Wildman–Crippen MR) is 147 cm³/mol. The first-order valence-electron chi connectivity index (χ1n) is 12.8. The normalized spacial score (nSPS) is 14.2. The van der Waals surface area contributed by atoms with Crippen molar-refractivity contribution >= 4 is 28.2 Å². The Morgan fingerprint density at radius 3 is 2.16 bits per heavy atom. The van der Waals surface area contributed by atoms with Gasteiger partial charge in [-0.2, -0.15) is 5.10 Å². The lowest BCUT2D eigenvalue weighted by atomic mass is 9.87. The number of anilines is 1. The van der Waals surface area contributed by atoms with Crippen LogP contribution in [0.4, 0.5) is 5.69 Å². The number of carbonyl (C=O) groups excluding carboxylic acids is 2. The Labute approximate surface area is 217 Å². The third-order valence-corrected chi connectivity index (χ3v) is 6.94. The fraction of sp³-hybridized carbons (Fsp3) is 0.323. The molecule has 0 saturated carbocycles. The Bertz CT molecular complexity index is 1410. The zero-order chi connectivity index (χ0) is 26.0. The lowest BCUT2D eigenvalue weighted by Crippen LogP contribution is -2.36. The van der Waals surface area contributed by atoms with Gasteiger partial charge in [0, 0.05) is 48.0 Å². The highest BCUT2D eigenvalue weighted by Gasteiger charge is 2.21. The van der Waals surface area contributed by atoms with Gasteiger partial charge in [0.25, 0.3) is 0 Å². The Hall–Kier alpha value is -3.77. The number of aromatic nitrogens is 2. The molecule has 0 aliphatic carbocycles. The number of fused-ring (bicyclic) bond motifs is 1. The van der Waals surface area contributed by atoms with Crippen molar-refractivity contribution in [2.75, 3.05) is 31.2 Å². The van der Waals surface area contributed by atoms with Crippen LogP contribution in [0.5, 0.6) is 0 Å². The van der Waals surface area contributed by atoms with Gasteiger partial charge in [-0.25, -0.2) is 4.68 Å². The van der Waals surface area contributed by atoms with Gasteiger partial charge < -0.3 is 9.64 Å². The second-order valence-corrected chi connectivity index (χ2v) is 10.7. The van der Waals surface area contributed by atoms with Crippen molar-refractivity contribution < 1.29 is 14.3 Å². The van der Waals surface area contributed by atoms with Crippen LogP contribution in [0, 0.1) is 5.41 Å². The largest absolute Gasteiger partial charge is 0.378 e. The van der Waals surface area contributed by atoms with Crippen LogP contribution in [-0.2, 0) is 22.4 Å². The molecule has 0 N–H and O–H groups in total. The van der Waals surface area contributed by atoms with Gasteiger partial charge in [-0.1, -0.05) is 39.0 Å². The monoisotopic (exact) mass is 495 g/mol. The van der Waals surface area contributed by atoms with E-state index in [0.717, 1.165) is 65.3 Å². The van der Waals surface area contributed by atoms with Crippen LogP contribution in [0.15, 0.2) is 72.9 Å². The number of hydrogen-bond acceptors (Lipinski definition) is 5. The van der Waals surface area contributed by atoms with Crippen molar-refractivity contribution in [3.8, 4) is 5.69 Å². The molecule has 4 aromatic rings. The quantitative estimate of drug-likeness (QED) is 0.319. The average Bonchev–Trinajstić information content (AvgIpc) is 3.32. The van der Waals surface area contributed by atoms with E-state index < -0.39 is 0 Å². The highest BCUT2D eigenvalue weighted by atomic mass is 16.5. The fourth-order valence-corrected chi connectivity index (χ4v) is 4.57. The third kappa shape index (κ3) is 5.65. The number of hydrogen-bond donors (Lipinski definition) is 0. The first-order valence-corrected chi connectivity index (χ1v) is 12.8. The van der Waals surface area contributed by atoms with Gasteiger partial charge in [0.05, 0.1) is 30.6 Å². The molecule has 0 radical (unpaired) electrons. The van der Waals surface area contributed by atoms with Crippen molar-refractivity contribution in [2.24, 2.45) is 5.41 Å². The van der Waals surface area contributed by atoms with Crippen LogP contribution >= 0.6 is 0 Å². The molecule has 1 fully saturated rings. The van der Waals surface area contributed by atoms with Crippen LogP contribution in [0.2, 0.25) is 0 Å². The molecule has 37 heavy (non-hydrogen) atoms. The molecular formula is C31H33N3O3. The standard InChI is InChI=1S/C31H33N3O3/c1-31(2,3)30(36)20-22-4-9-27(10-5-22)34-28-13-6-23(18-25(28)21-32-34)19-29(35)24-7-11-26(12-8-24)33-14-16-37-17-15-33/h4-13,18,21H,14-17,19-20H2,1-3H3. The molecule has 0 atom stereocenters. The Balaban J connectivity index is 1.27. The maximum absolute atomic E-state index is 13.0. The molecule has 1 saturated heterocycles. The maximum atomic E-state index is 13.0. The summed E-state index contributed by atoms with van der Waals surface area (Å²) >= 11 is 0. The molecule has 190 valence electrons. The third-order valence-electron chi connectivity index (χ3n) is 6.94. The summed E-state index contributed by atoms with van der Waals surface area (Å²) in [6, 6.07) is 21.9. The van der Waals surface area contributed by atoms with Crippen molar-refractivity contribution in [3.05, 3.63) is 89.6 Å². The summed E-state index contributed by atoms with van der Waals surface area (Å²) in [5.41, 5.74) is 5.38. The summed E-state index contributed by atoms with van der Waals surface area (Å²) in [6.45, 7) is 9.08. The number of ether oxygens (including phenoxy) is 1. The molecule has 0 amide bonds. The van der Waals surface area contributed by atoms with E-state index in [0.29, 0.717) is 12.8 Å². The molecule has 6 heteroatoms. The SMILES string of the molecule is CC(C)(C)C(=O)Cc1ccc(-n2ncc3cc(CC(=O)c4ccc(N5CCOCC5)cc4)ccc32)cc1. The van der Waals surface area contributed by atoms with E-state index in [1.807, 2.05) is 98.4 Å². The predicted octanol–water partition coefficient (Wildman–Crippen LogP) is 5.45. The maximum Gasteiger partial charge on any atom is 0.167 e. The smallest absolute Gasteiger partial charge is 0.167 e. The molecule has 6 nitrogen and oxygen atoms in total. The van der Waals surface area contributed by atoms with Gasteiger partial charge in [0.15, 0.2) is 5.78 Å². The number of Topliss-reactive ketones (excluding diaryl/α,β-unsaturated/α-hetero) is 2. The molecule has 0 spiro atoms. The van der Waals surface area contributed by atoms with E-state index in [1.165, 1.54) is 0 Å². The molecule has 0 bridgehead atoms. The zero-order valence-corrected chi connectivity index (χ0v) is 21.7. The van der Waals surface area contributed by atoms with E-state index in [4.69, 9.17) is 4.74 Å². The average molecular weight is 496 g/mol. The molecule has 5 rings (SSSR count). The van der Waals surface area contributed by atoms with Gasteiger partial charge in [0.1, 0.15) is 5.78 Å². The number of nitrogens with zero attached hydrogens (tertiary/aromatic N) is 3. The highest BCUT2D eigenvalue weighted by molar-refractivity contribution is 5.98. The second kappa shape index (κ2) is 10.3. The van der Waals surface area contributed by atoms with Gasteiger partial charge in [0.2, 0.25) is 0 Å². The molecule has 1 aliphatic rings. The minimum Gasteiger partial charge on any atom is -0.378 e. The molecule has 2 heterocycles. The summed E-state index contributed by atoms with van der Waals surface area (Å²) in [7, 11) is 0. The van der Waals surface area contributed by atoms with Crippen molar-refractivity contribution in [2.45, 2.75) is 33.6 Å². The molecule has 3 aromatic carbocycles. The van der Waals surface area contributed by atoms with E-state index in [2.05, 4.69) is 10.00 Å². The lowest BCUT2D eigenvalue weighted by Gasteiger charge is -2.28. The van der Waals surface area contributed by atoms with Gasteiger partial charge in [-0.15, -0.1) is 0 Å². The highest BCUT2D eigenvalue weighted by Crippen LogP contribution is 2.23. The van der Waals surface area contributed by atoms with Crippen LogP contribution < -0.4 is 4.90 Å². The van der Waals surface area contributed by atoms with E-state index in [1.54, 1.807) is 0 Å². The van der Waals surface area contributed by atoms with Crippen LogP contribution in [-0.4, -0.2) is 47.7 Å². The van der Waals surface area contributed by atoms with Crippen LogP contribution in [0.1, 0.15) is 42.3 Å². The van der Waals surface area contributed by atoms with Crippen molar-refractivity contribution in [1.82, 2.24) is 9.78 Å². The first kappa shape index (κ1) is 24.9. The summed E-state index contributed by atoms with van der Waals surface area (Å²) in [5.74, 6) is 0.320. The molecule has 1 aliphatic heterocycles. The minimum absolute atomic E-state index is 0.0978. The van der Waals surface area contributed by atoms with Gasteiger partial charge in [-0.3, -0.25) is 9.59 Å². The minimum atomic E-state index is -0.345. The topological polar surface area (TPSA) is 64.4 Å². The summed E-state index contributed by atoms with van der Waals surface area (Å²) in [4.78, 5) is 27.6. The summed E-state index contributed by atoms with van der Waals surface area (Å²) in [6.07, 6.45) is 2.60. The number of morpholine rings is 1. The van der Waals surface area contributed by atoms with E-state index in [9.17, 15) is 9.59 Å². The van der Waals surface area contributed by atoms with Crippen LogP contribution in [0.25, 0.3) is 16.6 Å². The number of ketones is 2. The summed E-state index contributed by atoms with van der Waals surface area (Å²) < 4.78 is 7.31. The summed E-state index contributed by atoms with van der Waals surface area (Å²) in [5, 5.41) is 5.57. The van der Waals surface area contributed by atoms with Gasteiger partial charge in [-0.05, 0) is 59.7 Å². The molecular weight excluding hydrogens is 462 g/mol. The number of rotatable bonds is 7. The molecule has 1 aromatic heterocycles. The van der Waals surface area contributed by atoms with Crippen LogP contribution in [0.3, 0.4) is 0 Å². The zero-order valence-electron chi connectivity index (χ0n) is 21.7. The lowest BCUT2D eigenvalue weighted by molar-refractivity contribution is -0.125. The number of benzene rings is 3. The first-order chi connectivity index (χ1) is 17.8. The Kier molecular flexibility index (Phi) is 6.94. The molecule has 0 unspecified atom stereocenters. The van der Waals surface area contributed by atoms with E-state index >= 15 is 0 Å². The second-order valence-electron chi connectivity index (χ2n) is 10.7. The van der Waals surface area contributed by atoms with Crippen molar-refractivity contribution in [3.63, 3.8) is 0 Å². The van der Waals surface area contributed by atoms with E-state index in [-0.39, 0.29) is 17.0 Å². The van der Waals surface area contributed by atoms with Gasteiger partial charge >= 0.3 is 0 Å². The number of carbonyl (C=O) groups is 2. The fourth-order valence-electron chi connectivity index (χ4n) is 4.57.